The van der Waals surface area contributed by atoms with Crippen LogP contribution in [0.2, 0.25) is 0 Å². The monoisotopic (exact) mass is 441 g/mol. The Morgan fingerprint density at radius 2 is 1.41 bits per heavy atom. The van der Waals surface area contributed by atoms with Gasteiger partial charge in [-0.3, -0.25) is 0 Å². The van der Waals surface area contributed by atoms with Crippen LogP contribution < -0.4 is 0 Å². The number of nitriles is 1. The van der Waals surface area contributed by atoms with Crippen LogP contribution in [0, 0.1) is 34.9 Å². The SMILES string of the molecule is N#Cc1ccc([C@H]2CC[C@H](CC[C@H]3CC[C@H](CCCCCCC=CF)CC3)CC2)cc1F. The number of hydrogen-bond acceptors (Lipinski definition) is 1. The fourth-order valence-corrected chi connectivity index (χ4v) is 6.05. The van der Waals surface area contributed by atoms with Crippen molar-refractivity contribution < 1.29 is 8.78 Å². The van der Waals surface area contributed by atoms with E-state index in [1.165, 1.54) is 77.0 Å². The van der Waals surface area contributed by atoms with Gasteiger partial charge in [-0.05, 0) is 79.9 Å². The highest BCUT2D eigenvalue weighted by Crippen LogP contribution is 2.40. The summed E-state index contributed by atoms with van der Waals surface area (Å²) in [6.07, 6.45) is 22.9. The van der Waals surface area contributed by atoms with Gasteiger partial charge in [-0.25, -0.2) is 8.78 Å². The molecule has 2 aliphatic carbocycles. The summed E-state index contributed by atoms with van der Waals surface area (Å²) in [5, 5.41) is 8.92. The molecule has 0 aromatic heterocycles. The van der Waals surface area contributed by atoms with Gasteiger partial charge in [-0.2, -0.15) is 5.26 Å². The lowest BCUT2D eigenvalue weighted by Crippen LogP contribution is -2.18. The molecule has 0 spiro atoms. The molecule has 1 aromatic rings. The Morgan fingerprint density at radius 1 is 0.812 bits per heavy atom. The van der Waals surface area contributed by atoms with E-state index in [2.05, 4.69) is 0 Å². The molecule has 32 heavy (non-hydrogen) atoms. The van der Waals surface area contributed by atoms with E-state index in [0.29, 0.717) is 12.2 Å². The summed E-state index contributed by atoms with van der Waals surface area (Å²) < 4.78 is 25.9. The van der Waals surface area contributed by atoms with Gasteiger partial charge in [0.1, 0.15) is 11.9 Å². The van der Waals surface area contributed by atoms with Crippen LogP contribution in [-0.4, -0.2) is 0 Å². The zero-order valence-electron chi connectivity index (χ0n) is 19.7. The molecule has 0 amide bonds. The maximum Gasteiger partial charge on any atom is 0.141 e. The van der Waals surface area contributed by atoms with Crippen molar-refractivity contribution in [3.05, 3.63) is 47.5 Å². The Hall–Kier alpha value is -1.69. The van der Waals surface area contributed by atoms with Gasteiger partial charge in [0.05, 0.1) is 11.9 Å². The third-order valence-electron chi connectivity index (χ3n) is 8.20. The lowest BCUT2D eigenvalue weighted by atomic mass is 9.74. The molecule has 1 nitrogen and oxygen atoms in total. The summed E-state index contributed by atoms with van der Waals surface area (Å²) in [6.45, 7) is 0. The molecule has 176 valence electrons. The van der Waals surface area contributed by atoms with Crippen LogP contribution in [0.25, 0.3) is 0 Å². The van der Waals surface area contributed by atoms with Crippen LogP contribution in [0.5, 0.6) is 0 Å². The molecular formula is C29H41F2N. The molecule has 2 saturated carbocycles. The first-order valence-corrected chi connectivity index (χ1v) is 13.1. The van der Waals surface area contributed by atoms with Gasteiger partial charge < -0.3 is 0 Å². The van der Waals surface area contributed by atoms with E-state index in [0.717, 1.165) is 49.0 Å². The average molecular weight is 442 g/mol. The lowest BCUT2D eigenvalue weighted by Gasteiger charge is -2.32. The Bertz CT molecular complexity index is 734. The van der Waals surface area contributed by atoms with Crippen molar-refractivity contribution in [3.63, 3.8) is 0 Å². The van der Waals surface area contributed by atoms with Gasteiger partial charge in [0.25, 0.3) is 0 Å². The number of unbranched alkanes of at least 4 members (excludes halogenated alkanes) is 4. The second kappa shape index (κ2) is 13.8. The van der Waals surface area contributed by atoms with E-state index in [9.17, 15) is 8.78 Å². The van der Waals surface area contributed by atoms with Crippen LogP contribution in [0.4, 0.5) is 8.78 Å². The average Bonchev–Trinajstić information content (AvgIpc) is 2.83. The van der Waals surface area contributed by atoms with Gasteiger partial charge in [0, 0.05) is 0 Å². The highest BCUT2D eigenvalue weighted by molar-refractivity contribution is 5.34. The van der Waals surface area contributed by atoms with Gasteiger partial charge in [0.2, 0.25) is 0 Å². The van der Waals surface area contributed by atoms with E-state index in [1.54, 1.807) is 18.2 Å². The zero-order valence-corrected chi connectivity index (χ0v) is 19.7. The smallest absolute Gasteiger partial charge is 0.141 e. The molecule has 3 heteroatoms. The molecule has 1 aromatic carbocycles. The number of halogens is 2. The summed E-state index contributed by atoms with van der Waals surface area (Å²) in [5.41, 5.74) is 1.23. The number of benzene rings is 1. The predicted molar refractivity (Wildman–Crippen MR) is 128 cm³/mol. The standard InChI is InChI=1S/C29H41F2N/c30-20-6-4-2-1-3-5-7-23-8-10-24(11-9-23)12-13-25-14-16-26(17-15-25)27-18-19-28(22-32)29(31)21-27/h6,18-21,23-26H,1-5,7-17H2/t23-,24-,25-,26-. The van der Waals surface area contributed by atoms with E-state index >= 15 is 0 Å². The maximum absolute atomic E-state index is 13.9. The van der Waals surface area contributed by atoms with Gasteiger partial charge in [0.15, 0.2) is 0 Å². The molecule has 3 rings (SSSR count). The van der Waals surface area contributed by atoms with E-state index in [-0.39, 0.29) is 11.4 Å². The van der Waals surface area contributed by atoms with Crippen molar-refractivity contribution in [1.29, 1.82) is 5.26 Å². The summed E-state index contributed by atoms with van der Waals surface area (Å²) in [7, 11) is 0. The Labute approximate surface area is 194 Å². The van der Waals surface area contributed by atoms with Crippen molar-refractivity contribution in [2.75, 3.05) is 0 Å². The first-order valence-electron chi connectivity index (χ1n) is 13.1. The molecule has 0 aliphatic heterocycles. The minimum absolute atomic E-state index is 0.153. The molecular weight excluding hydrogens is 400 g/mol. The van der Waals surface area contributed by atoms with Gasteiger partial charge in [-0.15, -0.1) is 0 Å². The summed E-state index contributed by atoms with van der Waals surface area (Å²) in [4.78, 5) is 0. The van der Waals surface area contributed by atoms with E-state index in [4.69, 9.17) is 5.26 Å². The van der Waals surface area contributed by atoms with Crippen molar-refractivity contribution >= 4 is 0 Å². The summed E-state index contributed by atoms with van der Waals surface area (Å²) in [5.74, 6) is 2.82. The van der Waals surface area contributed by atoms with Crippen LogP contribution in [0.15, 0.2) is 30.6 Å². The predicted octanol–water partition coefficient (Wildman–Crippen LogP) is 9.38. The molecule has 0 atom stereocenters. The molecule has 0 saturated heterocycles. The summed E-state index contributed by atoms with van der Waals surface area (Å²) >= 11 is 0. The first-order chi connectivity index (χ1) is 15.7. The molecule has 2 fully saturated rings. The van der Waals surface area contributed by atoms with Crippen molar-refractivity contribution in [3.8, 4) is 6.07 Å². The fraction of sp³-hybridized carbons (Fsp3) is 0.690. The molecule has 0 bridgehead atoms. The lowest BCUT2D eigenvalue weighted by molar-refractivity contribution is 0.222. The molecule has 0 N–H and O–H groups in total. The molecule has 0 unspecified atom stereocenters. The number of rotatable bonds is 11. The zero-order chi connectivity index (χ0) is 22.6. The molecule has 0 radical (unpaired) electrons. The van der Waals surface area contributed by atoms with Crippen LogP contribution in [0.3, 0.4) is 0 Å². The third-order valence-corrected chi connectivity index (χ3v) is 8.20. The number of allylic oxidation sites excluding steroid dienone is 1. The van der Waals surface area contributed by atoms with E-state index < -0.39 is 0 Å². The van der Waals surface area contributed by atoms with E-state index in [1.807, 2.05) is 12.1 Å². The summed E-state index contributed by atoms with van der Waals surface area (Å²) in [6, 6.07) is 7.10. The highest BCUT2D eigenvalue weighted by atomic mass is 19.1. The normalized spacial score (nSPS) is 26.3. The van der Waals surface area contributed by atoms with Crippen LogP contribution >= 0.6 is 0 Å². The quantitative estimate of drug-likeness (QED) is 0.314. The number of nitrogens with zero attached hydrogens (tertiary/aromatic N) is 1. The van der Waals surface area contributed by atoms with Gasteiger partial charge in [-0.1, -0.05) is 76.4 Å². The molecule has 0 heterocycles. The Kier molecular flexibility index (Phi) is 10.7. The second-order valence-corrected chi connectivity index (χ2v) is 10.4. The minimum Gasteiger partial charge on any atom is -0.216 e. The minimum atomic E-state index is -0.367. The van der Waals surface area contributed by atoms with Crippen LogP contribution in [0.1, 0.15) is 120 Å². The third kappa shape index (κ3) is 8.02. The number of hydrogen-bond donors (Lipinski definition) is 0. The topological polar surface area (TPSA) is 23.8 Å². The maximum atomic E-state index is 13.9. The first kappa shape index (κ1) is 24.9. The van der Waals surface area contributed by atoms with Gasteiger partial charge >= 0.3 is 0 Å². The largest absolute Gasteiger partial charge is 0.216 e. The van der Waals surface area contributed by atoms with Crippen molar-refractivity contribution in [2.24, 2.45) is 17.8 Å². The Balaban J connectivity index is 1.25. The fourth-order valence-electron chi connectivity index (χ4n) is 6.05. The Morgan fingerprint density at radius 3 is 2.00 bits per heavy atom. The van der Waals surface area contributed by atoms with Crippen molar-refractivity contribution in [1.82, 2.24) is 0 Å². The van der Waals surface area contributed by atoms with Crippen LogP contribution in [-0.2, 0) is 0 Å². The van der Waals surface area contributed by atoms with Crippen molar-refractivity contribution in [2.45, 2.75) is 109 Å². The highest BCUT2D eigenvalue weighted by Gasteiger charge is 2.25. The molecule has 2 aliphatic rings. The second-order valence-electron chi connectivity index (χ2n) is 10.4.